The molecular formula is C21H22N4O. The third-order valence-electron chi connectivity index (χ3n) is 4.88. The summed E-state index contributed by atoms with van der Waals surface area (Å²) in [5.41, 5.74) is 2.24. The van der Waals surface area contributed by atoms with E-state index >= 15 is 0 Å². The molecule has 1 aliphatic rings. The molecule has 0 aliphatic carbocycles. The second-order valence-electron chi connectivity index (χ2n) is 6.83. The Morgan fingerprint density at radius 1 is 1.12 bits per heavy atom. The predicted octanol–water partition coefficient (Wildman–Crippen LogP) is 2.83. The van der Waals surface area contributed by atoms with Crippen molar-refractivity contribution in [3.63, 3.8) is 0 Å². The van der Waals surface area contributed by atoms with Crippen LogP contribution < -0.4 is 5.32 Å². The van der Waals surface area contributed by atoms with E-state index in [2.05, 4.69) is 45.6 Å². The number of nitrogens with one attached hydrogen (secondary N) is 1. The van der Waals surface area contributed by atoms with E-state index in [9.17, 15) is 4.79 Å². The van der Waals surface area contributed by atoms with Gasteiger partial charge in [-0.3, -0.25) is 4.79 Å². The molecule has 1 saturated heterocycles. The summed E-state index contributed by atoms with van der Waals surface area (Å²) in [6, 6.07) is 14.8. The van der Waals surface area contributed by atoms with Crippen molar-refractivity contribution >= 4 is 16.7 Å². The lowest BCUT2D eigenvalue weighted by atomic mass is 10.0. The molecule has 2 heterocycles. The molecule has 0 radical (unpaired) electrons. The van der Waals surface area contributed by atoms with E-state index < -0.39 is 0 Å². The van der Waals surface area contributed by atoms with Crippen molar-refractivity contribution < 1.29 is 4.79 Å². The van der Waals surface area contributed by atoms with Crippen molar-refractivity contribution in [3.05, 3.63) is 71.8 Å². The molecule has 1 fully saturated rings. The van der Waals surface area contributed by atoms with Gasteiger partial charge < -0.3 is 10.2 Å². The molecule has 1 aliphatic heterocycles. The first-order valence-corrected chi connectivity index (χ1v) is 8.94. The van der Waals surface area contributed by atoms with Gasteiger partial charge in [0.2, 0.25) is 5.91 Å². The quantitative estimate of drug-likeness (QED) is 0.772. The summed E-state index contributed by atoms with van der Waals surface area (Å²) < 4.78 is 0. The number of nitrogens with zero attached hydrogens (tertiary/aromatic N) is 3. The molecule has 1 N–H and O–H groups in total. The first-order valence-electron chi connectivity index (χ1n) is 8.94. The van der Waals surface area contributed by atoms with E-state index in [0.29, 0.717) is 19.5 Å². The lowest BCUT2D eigenvalue weighted by molar-refractivity contribution is -0.128. The first-order chi connectivity index (χ1) is 12.7. The van der Waals surface area contributed by atoms with Crippen molar-refractivity contribution in [1.82, 2.24) is 20.2 Å². The Hall–Kier alpha value is -2.79. The Labute approximate surface area is 153 Å². The van der Waals surface area contributed by atoms with Gasteiger partial charge in [0.1, 0.15) is 5.82 Å². The normalized spacial score (nSPS) is 17.2. The number of carbonyl (C=O) groups is 1. The van der Waals surface area contributed by atoms with E-state index in [1.807, 2.05) is 36.4 Å². The van der Waals surface area contributed by atoms with Gasteiger partial charge in [-0.25, -0.2) is 9.97 Å². The van der Waals surface area contributed by atoms with Crippen LogP contribution in [-0.2, 0) is 17.9 Å². The summed E-state index contributed by atoms with van der Waals surface area (Å²) in [5, 5.41) is 5.89. The Kier molecular flexibility index (Phi) is 4.63. The fourth-order valence-electron chi connectivity index (χ4n) is 3.47. The van der Waals surface area contributed by atoms with Crippen LogP contribution in [0.25, 0.3) is 10.8 Å². The van der Waals surface area contributed by atoms with Crippen LogP contribution in [0.3, 0.4) is 0 Å². The molecule has 3 aromatic rings. The third-order valence-corrected chi connectivity index (χ3v) is 4.88. The first kappa shape index (κ1) is 16.7. The summed E-state index contributed by atoms with van der Waals surface area (Å²) in [7, 11) is 0. The highest BCUT2D eigenvalue weighted by molar-refractivity contribution is 5.86. The highest BCUT2D eigenvalue weighted by Crippen LogP contribution is 2.22. The van der Waals surface area contributed by atoms with Crippen LogP contribution in [0.5, 0.6) is 0 Å². The Bertz CT molecular complexity index is 917. The summed E-state index contributed by atoms with van der Waals surface area (Å²) in [6.45, 7) is 3.94. The molecule has 4 rings (SSSR count). The van der Waals surface area contributed by atoms with E-state index in [1.54, 1.807) is 0 Å². The van der Waals surface area contributed by atoms with Crippen molar-refractivity contribution in [3.8, 4) is 0 Å². The van der Waals surface area contributed by atoms with Crippen LogP contribution in [0.1, 0.15) is 23.4 Å². The van der Waals surface area contributed by atoms with Gasteiger partial charge in [-0.2, -0.15) is 0 Å². The van der Waals surface area contributed by atoms with Gasteiger partial charge in [0.15, 0.2) is 0 Å². The average Bonchev–Trinajstić information content (AvgIpc) is 3.01. The number of fused-ring (bicyclic) bond motifs is 1. The number of carbonyl (C=O) groups excluding carboxylic acids is 1. The summed E-state index contributed by atoms with van der Waals surface area (Å²) in [5.74, 6) is 0.974. The molecule has 0 saturated carbocycles. The molecule has 0 spiro atoms. The molecule has 0 bridgehead atoms. The monoisotopic (exact) mass is 346 g/mol. The number of aromatic nitrogens is 2. The molecule has 132 valence electrons. The fourth-order valence-corrected chi connectivity index (χ4v) is 3.47. The predicted molar refractivity (Wildman–Crippen MR) is 101 cm³/mol. The largest absolute Gasteiger partial charge is 0.337 e. The van der Waals surface area contributed by atoms with Crippen LogP contribution in [0.4, 0.5) is 0 Å². The molecular weight excluding hydrogens is 324 g/mol. The second kappa shape index (κ2) is 7.22. The van der Waals surface area contributed by atoms with Gasteiger partial charge in [-0.05, 0) is 23.3 Å². The van der Waals surface area contributed by atoms with Crippen LogP contribution in [0.15, 0.2) is 54.9 Å². The standard InChI is InChI=1S/C21H22N4O/c1-15-22-10-16(11-23-15)12-24-19-9-21(26)25(14-19)13-18-7-4-6-17-5-2-3-8-20(17)18/h2-8,10-11,19,24H,9,12-14H2,1H3. The molecule has 26 heavy (non-hydrogen) atoms. The number of likely N-dealkylation sites (tertiary alicyclic amines) is 1. The smallest absolute Gasteiger partial charge is 0.224 e. The fraction of sp³-hybridized carbons (Fsp3) is 0.286. The SMILES string of the molecule is Cc1ncc(CNC2CC(=O)N(Cc3cccc4ccccc34)C2)cn1. The Morgan fingerprint density at radius 3 is 2.73 bits per heavy atom. The molecule has 1 atom stereocenters. The van der Waals surface area contributed by atoms with Crippen LogP contribution >= 0.6 is 0 Å². The van der Waals surface area contributed by atoms with Gasteiger partial charge in [-0.1, -0.05) is 42.5 Å². The Balaban J connectivity index is 1.40. The van der Waals surface area contributed by atoms with Gasteiger partial charge in [-0.15, -0.1) is 0 Å². The van der Waals surface area contributed by atoms with Crippen molar-refractivity contribution in [2.75, 3.05) is 6.54 Å². The topological polar surface area (TPSA) is 58.1 Å². The number of rotatable bonds is 5. The zero-order valence-electron chi connectivity index (χ0n) is 14.9. The lowest BCUT2D eigenvalue weighted by Crippen LogP contribution is -2.32. The second-order valence-corrected chi connectivity index (χ2v) is 6.83. The van der Waals surface area contributed by atoms with Gasteiger partial charge >= 0.3 is 0 Å². The van der Waals surface area contributed by atoms with Gasteiger partial charge in [0.25, 0.3) is 0 Å². The molecule has 5 heteroatoms. The molecule has 1 amide bonds. The van der Waals surface area contributed by atoms with Crippen molar-refractivity contribution in [1.29, 1.82) is 0 Å². The van der Waals surface area contributed by atoms with E-state index in [0.717, 1.165) is 17.9 Å². The zero-order valence-corrected chi connectivity index (χ0v) is 14.9. The minimum Gasteiger partial charge on any atom is -0.337 e. The zero-order chi connectivity index (χ0) is 17.9. The van der Waals surface area contributed by atoms with E-state index in [1.165, 1.54) is 16.3 Å². The highest BCUT2D eigenvalue weighted by Gasteiger charge is 2.29. The number of hydrogen-bond acceptors (Lipinski definition) is 4. The van der Waals surface area contributed by atoms with Gasteiger partial charge in [0, 0.05) is 50.1 Å². The summed E-state index contributed by atoms with van der Waals surface area (Å²) in [4.78, 5) is 22.8. The highest BCUT2D eigenvalue weighted by atomic mass is 16.2. The van der Waals surface area contributed by atoms with E-state index in [4.69, 9.17) is 0 Å². The molecule has 5 nitrogen and oxygen atoms in total. The maximum atomic E-state index is 12.4. The number of amides is 1. The lowest BCUT2D eigenvalue weighted by Gasteiger charge is -2.18. The number of benzene rings is 2. The maximum Gasteiger partial charge on any atom is 0.224 e. The number of hydrogen-bond donors (Lipinski definition) is 1. The van der Waals surface area contributed by atoms with Crippen LogP contribution in [0, 0.1) is 6.92 Å². The van der Waals surface area contributed by atoms with Gasteiger partial charge in [0.05, 0.1) is 0 Å². The third kappa shape index (κ3) is 3.58. The maximum absolute atomic E-state index is 12.4. The van der Waals surface area contributed by atoms with Crippen LogP contribution in [-0.4, -0.2) is 33.4 Å². The van der Waals surface area contributed by atoms with E-state index in [-0.39, 0.29) is 11.9 Å². The summed E-state index contributed by atoms with van der Waals surface area (Å²) in [6.07, 6.45) is 4.21. The number of aryl methyl sites for hydroxylation is 1. The minimum absolute atomic E-state index is 0.166. The molecule has 1 aromatic heterocycles. The van der Waals surface area contributed by atoms with Crippen LogP contribution in [0.2, 0.25) is 0 Å². The van der Waals surface area contributed by atoms with Crippen molar-refractivity contribution in [2.45, 2.75) is 32.5 Å². The molecule has 1 unspecified atom stereocenters. The van der Waals surface area contributed by atoms with Crippen molar-refractivity contribution in [2.24, 2.45) is 0 Å². The Morgan fingerprint density at radius 2 is 1.88 bits per heavy atom. The minimum atomic E-state index is 0.166. The average molecular weight is 346 g/mol. The molecule has 2 aromatic carbocycles. The summed E-state index contributed by atoms with van der Waals surface area (Å²) >= 11 is 0.